The summed E-state index contributed by atoms with van der Waals surface area (Å²) in [7, 11) is 0. The summed E-state index contributed by atoms with van der Waals surface area (Å²) >= 11 is 1.46. The average Bonchev–Trinajstić information content (AvgIpc) is 3.07. The first-order valence-electron chi connectivity index (χ1n) is 8.55. The standard InChI is InChI=1S/C18H20N4O2S/c1-18(8-5-9-18)22-11-10-21(16(23)17(22)24)12-14-19-20-15(25-14)13-6-3-2-4-7-13/h2-4,6-7H,5,8-12H2,1H3. The molecule has 0 N–H and O–H groups in total. The highest BCUT2D eigenvalue weighted by molar-refractivity contribution is 7.14. The molecule has 2 aromatic rings. The number of hydrogen-bond acceptors (Lipinski definition) is 5. The first-order chi connectivity index (χ1) is 12.1. The van der Waals surface area contributed by atoms with Gasteiger partial charge in [0.05, 0.1) is 6.54 Å². The van der Waals surface area contributed by atoms with E-state index >= 15 is 0 Å². The Balaban J connectivity index is 1.45. The van der Waals surface area contributed by atoms with Gasteiger partial charge in [-0.25, -0.2) is 0 Å². The lowest BCUT2D eigenvalue weighted by molar-refractivity contribution is -0.163. The Hall–Kier alpha value is -2.28. The minimum Gasteiger partial charge on any atom is -0.327 e. The molecule has 1 aromatic carbocycles. The maximum atomic E-state index is 12.5. The van der Waals surface area contributed by atoms with Gasteiger partial charge in [0.1, 0.15) is 10.0 Å². The van der Waals surface area contributed by atoms with Crippen molar-refractivity contribution in [1.29, 1.82) is 0 Å². The molecule has 2 heterocycles. The van der Waals surface area contributed by atoms with Crippen LogP contribution in [0.5, 0.6) is 0 Å². The fraction of sp³-hybridized carbons (Fsp3) is 0.444. The molecule has 4 rings (SSSR count). The number of amides is 2. The van der Waals surface area contributed by atoms with E-state index in [1.54, 1.807) is 9.80 Å². The predicted octanol–water partition coefficient (Wildman–Crippen LogP) is 2.32. The van der Waals surface area contributed by atoms with Crippen molar-refractivity contribution in [3.05, 3.63) is 35.3 Å². The summed E-state index contributed by atoms with van der Waals surface area (Å²) < 4.78 is 0. The largest absolute Gasteiger partial charge is 0.327 e. The summed E-state index contributed by atoms with van der Waals surface area (Å²) in [6.45, 7) is 3.58. The van der Waals surface area contributed by atoms with E-state index < -0.39 is 5.91 Å². The zero-order chi connectivity index (χ0) is 17.4. The zero-order valence-electron chi connectivity index (χ0n) is 14.1. The van der Waals surface area contributed by atoms with Crippen molar-refractivity contribution in [1.82, 2.24) is 20.0 Å². The minimum atomic E-state index is -0.421. The van der Waals surface area contributed by atoms with E-state index in [1.165, 1.54) is 11.3 Å². The summed E-state index contributed by atoms with van der Waals surface area (Å²) in [5.41, 5.74) is 0.888. The molecule has 25 heavy (non-hydrogen) atoms. The van der Waals surface area contributed by atoms with Crippen molar-refractivity contribution in [3.63, 3.8) is 0 Å². The second-order valence-electron chi connectivity index (χ2n) is 6.90. The van der Waals surface area contributed by atoms with Crippen molar-refractivity contribution in [2.45, 2.75) is 38.3 Å². The second-order valence-corrected chi connectivity index (χ2v) is 7.96. The average molecular weight is 356 g/mol. The first-order valence-corrected chi connectivity index (χ1v) is 9.37. The Kier molecular flexibility index (Phi) is 4.03. The molecule has 1 saturated carbocycles. The van der Waals surface area contributed by atoms with Crippen LogP contribution in [0.15, 0.2) is 30.3 Å². The van der Waals surface area contributed by atoms with Gasteiger partial charge in [0.15, 0.2) is 0 Å². The van der Waals surface area contributed by atoms with E-state index in [-0.39, 0.29) is 11.4 Å². The van der Waals surface area contributed by atoms with Crippen LogP contribution >= 0.6 is 11.3 Å². The molecule has 2 aliphatic rings. The molecule has 0 atom stereocenters. The van der Waals surface area contributed by atoms with Crippen LogP contribution in [-0.2, 0) is 16.1 Å². The fourth-order valence-corrected chi connectivity index (χ4v) is 4.34. The summed E-state index contributed by atoms with van der Waals surface area (Å²) in [4.78, 5) is 28.4. The molecule has 1 aliphatic heterocycles. The van der Waals surface area contributed by atoms with Gasteiger partial charge in [0.2, 0.25) is 0 Å². The molecule has 1 aromatic heterocycles. The van der Waals surface area contributed by atoms with E-state index in [9.17, 15) is 9.59 Å². The van der Waals surface area contributed by atoms with Crippen molar-refractivity contribution >= 4 is 23.2 Å². The number of piperazine rings is 1. The second kappa shape index (κ2) is 6.22. The third-order valence-corrected chi connectivity index (χ3v) is 6.16. The number of benzene rings is 1. The zero-order valence-corrected chi connectivity index (χ0v) is 15.0. The molecule has 0 spiro atoms. The van der Waals surface area contributed by atoms with Crippen molar-refractivity contribution in [3.8, 4) is 10.6 Å². The van der Waals surface area contributed by atoms with Gasteiger partial charge < -0.3 is 9.80 Å². The van der Waals surface area contributed by atoms with Crippen molar-refractivity contribution in [2.24, 2.45) is 0 Å². The lowest BCUT2D eigenvalue weighted by Gasteiger charge is -2.50. The summed E-state index contributed by atoms with van der Waals surface area (Å²) in [6, 6.07) is 9.84. The number of rotatable bonds is 4. The van der Waals surface area contributed by atoms with E-state index in [2.05, 4.69) is 17.1 Å². The van der Waals surface area contributed by atoms with E-state index in [1.807, 2.05) is 30.3 Å². The summed E-state index contributed by atoms with van der Waals surface area (Å²) in [5, 5.41) is 9.98. The number of nitrogens with zero attached hydrogens (tertiary/aromatic N) is 4. The van der Waals surface area contributed by atoms with Crippen LogP contribution < -0.4 is 0 Å². The molecule has 7 heteroatoms. The normalized spacial score (nSPS) is 19.9. The monoisotopic (exact) mass is 356 g/mol. The molecule has 0 unspecified atom stereocenters. The van der Waals surface area contributed by atoms with Crippen LogP contribution in [0.25, 0.3) is 10.6 Å². The Morgan fingerprint density at radius 3 is 2.52 bits per heavy atom. The lowest BCUT2D eigenvalue weighted by atomic mass is 9.76. The van der Waals surface area contributed by atoms with Crippen molar-refractivity contribution < 1.29 is 9.59 Å². The lowest BCUT2D eigenvalue weighted by Crippen LogP contribution is -2.63. The SMILES string of the molecule is CC1(N2CCN(Cc3nnc(-c4ccccc4)s3)C(=O)C2=O)CCC1. The van der Waals surface area contributed by atoms with Crippen LogP contribution in [0.1, 0.15) is 31.2 Å². The molecule has 0 bridgehead atoms. The van der Waals surface area contributed by atoms with Gasteiger partial charge in [-0.15, -0.1) is 10.2 Å². The Bertz CT molecular complexity index is 800. The quantitative estimate of drug-likeness (QED) is 0.789. The van der Waals surface area contributed by atoms with Crippen LogP contribution in [0.4, 0.5) is 0 Å². The Morgan fingerprint density at radius 2 is 1.84 bits per heavy atom. The molecule has 1 saturated heterocycles. The van der Waals surface area contributed by atoms with Gasteiger partial charge in [-0.05, 0) is 26.2 Å². The predicted molar refractivity (Wildman–Crippen MR) is 94.7 cm³/mol. The van der Waals surface area contributed by atoms with Gasteiger partial charge >= 0.3 is 11.8 Å². The highest BCUT2D eigenvalue weighted by Crippen LogP contribution is 2.38. The molecule has 0 radical (unpaired) electrons. The van der Waals surface area contributed by atoms with Gasteiger partial charge in [0, 0.05) is 24.2 Å². The molecule has 1 aliphatic carbocycles. The maximum absolute atomic E-state index is 12.5. The molecule has 130 valence electrons. The highest BCUT2D eigenvalue weighted by Gasteiger charge is 2.45. The number of carbonyl (C=O) groups excluding carboxylic acids is 2. The smallest absolute Gasteiger partial charge is 0.312 e. The number of aromatic nitrogens is 2. The van der Waals surface area contributed by atoms with Crippen LogP contribution in [0, 0.1) is 0 Å². The number of hydrogen-bond donors (Lipinski definition) is 0. The van der Waals surface area contributed by atoms with E-state index in [0.717, 1.165) is 34.8 Å². The maximum Gasteiger partial charge on any atom is 0.312 e. The van der Waals surface area contributed by atoms with Crippen LogP contribution in [0.3, 0.4) is 0 Å². The fourth-order valence-electron chi connectivity index (χ4n) is 3.48. The Morgan fingerprint density at radius 1 is 1.08 bits per heavy atom. The summed E-state index contributed by atoms with van der Waals surface area (Å²) in [6.07, 6.45) is 3.11. The third kappa shape index (κ3) is 2.93. The van der Waals surface area contributed by atoms with E-state index in [0.29, 0.717) is 19.6 Å². The topological polar surface area (TPSA) is 66.4 Å². The first kappa shape index (κ1) is 16.2. The number of carbonyl (C=O) groups is 2. The minimum absolute atomic E-state index is 0.123. The molecule has 6 nitrogen and oxygen atoms in total. The highest BCUT2D eigenvalue weighted by atomic mass is 32.1. The van der Waals surface area contributed by atoms with E-state index in [4.69, 9.17) is 0 Å². The van der Waals surface area contributed by atoms with Gasteiger partial charge in [-0.1, -0.05) is 41.7 Å². The van der Waals surface area contributed by atoms with Crippen LogP contribution in [-0.4, -0.2) is 50.4 Å². The van der Waals surface area contributed by atoms with Gasteiger partial charge in [0.25, 0.3) is 0 Å². The third-order valence-electron chi connectivity index (χ3n) is 5.20. The Labute approximate surface area is 150 Å². The van der Waals surface area contributed by atoms with Gasteiger partial charge in [-0.2, -0.15) is 0 Å². The molecular weight excluding hydrogens is 336 g/mol. The molecule has 2 fully saturated rings. The summed E-state index contributed by atoms with van der Waals surface area (Å²) in [5.74, 6) is -0.794. The van der Waals surface area contributed by atoms with Gasteiger partial charge in [-0.3, -0.25) is 9.59 Å². The van der Waals surface area contributed by atoms with Crippen molar-refractivity contribution in [2.75, 3.05) is 13.1 Å². The van der Waals surface area contributed by atoms with Crippen LogP contribution in [0.2, 0.25) is 0 Å². The molecular formula is C18H20N4O2S. The molecule has 2 amide bonds.